The van der Waals surface area contributed by atoms with Gasteiger partial charge in [0.25, 0.3) is 0 Å². The summed E-state index contributed by atoms with van der Waals surface area (Å²) in [5, 5.41) is 0. The van der Waals surface area contributed by atoms with Crippen molar-refractivity contribution in [2.45, 2.75) is 45.8 Å². The monoisotopic (exact) mass is 233 g/mol. The molecule has 1 unspecified atom stereocenters. The van der Waals surface area contributed by atoms with Gasteiger partial charge in [-0.1, -0.05) is 32.0 Å². The van der Waals surface area contributed by atoms with Crippen LogP contribution in [-0.4, -0.2) is 24.2 Å². The number of para-hydroxylation sites is 1. The highest BCUT2D eigenvalue weighted by atomic mass is 16.5. The third kappa shape index (κ3) is 3.01. The lowest BCUT2D eigenvalue weighted by molar-refractivity contribution is 0.00950. The normalized spacial score (nSPS) is 18.9. The zero-order valence-corrected chi connectivity index (χ0v) is 11.0. The van der Waals surface area contributed by atoms with Crippen molar-refractivity contribution in [1.29, 1.82) is 0 Å². The minimum atomic E-state index is 0.282. The molecule has 0 aliphatic carbocycles. The first kappa shape index (κ1) is 12.4. The molecule has 0 radical (unpaired) electrons. The van der Waals surface area contributed by atoms with Gasteiger partial charge in [0.1, 0.15) is 5.75 Å². The van der Waals surface area contributed by atoms with E-state index in [9.17, 15) is 0 Å². The van der Waals surface area contributed by atoms with Gasteiger partial charge in [-0.2, -0.15) is 0 Å². The van der Waals surface area contributed by atoms with E-state index in [1.165, 1.54) is 18.4 Å². The molecule has 0 saturated heterocycles. The fourth-order valence-corrected chi connectivity index (χ4v) is 2.54. The van der Waals surface area contributed by atoms with E-state index in [2.05, 4.69) is 43.0 Å². The molecule has 0 fully saturated rings. The third-order valence-electron chi connectivity index (χ3n) is 3.33. The Hall–Kier alpha value is -1.02. The van der Waals surface area contributed by atoms with E-state index < -0.39 is 0 Å². The Balaban J connectivity index is 2.04. The van der Waals surface area contributed by atoms with Gasteiger partial charge in [0.05, 0.1) is 0 Å². The van der Waals surface area contributed by atoms with E-state index in [1.807, 2.05) is 0 Å². The zero-order valence-electron chi connectivity index (χ0n) is 11.0. The number of hydrogen-bond acceptors (Lipinski definition) is 2. The molecule has 1 atom stereocenters. The van der Waals surface area contributed by atoms with Crippen LogP contribution in [-0.2, 0) is 6.42 Å². The molecule has 94 valence electrons. The fourth-order valence-electron chi connectivity index (χ4n) is 2.54. The molecule has 0 saturated carbocycles. The highest BCUT2D eigenvalue weighted by Crippen LogP contribution is 2.28. The highest BCUT2D eigenvalue weighted by Gasteiger charge is 2.24. The van der Waals surface area contributed by atoms with E-state index in [1.54, 1.807) is 0 Å². The van der Waals surface area contributed by atoms with Gasteiger partial charge in [0.2, 0.25) is 0 Å². The minimum Gasteiger partial charge on any atom is -0.475 e. The van der Waals surface area contributed by atoms with Crippen LogP contribution in [0, 0.1) is 0 Å². The van der Waals surface area contributed by atoms with Crippen molar-refractivity contribution in [2.24, 2.45) is 0 Å². The van der Waals surface area contributed by atoms with Crippen molar-refractivity contribution in [3.8, 4) is 5.75 Å². The Bertz CT molecular complexity index is 345. The summed E-state index contributed by atoms with van der Waals surface area (Å²) in [6, 6.07) is 8.43. The number of ether oxygens (including phenoxy) is 1. The Morgan fingerprint density at radius 1 is 1.18 bits per heavy atom. The molecule has 0 bridgehead atoms. The zero-order chi connectivity index (χ0) is 12.1. The van der Waals surface area contributed by atoms with Crippen molar-refractivity contribution in [1.82, 2.24) is 4.90 Å². The topological polar surface area (TPSA) is 12.5 Å². The molecule has 2 rings (SSSR count). The first-order valence-electron chi connectivity index (χ1n) is 6.83. The summed E-state index contributed by atoms with van der Waals surface area (Å²) < 4.78 is 6.13. The largest absolute Gasteiger partial charge is 0.475 e. The van der Waals surface area contributed by atoms with Crippen LogP contribution < -0.4 is 4.74 Å². The molecule has 17 heavy (non-hydrogen) atoms. The van der Waals surface area contributed by atoms with Gasteiger partial charge in [0, 0.05) is 19.5 Å². The van der Waals surface area contributed by atoms with Crippen LogP contribution in [0.15, 0.2) is 24.3 Å². The summed E-state index contributed by atoms with van der Waals surface area (Å²) in [6.07, 6.45) is 4.94. The second kappa shape index (κ2) is 6.06. The van der Waals surface area contributed by atoms with Gasteiger partial charge >= 0.3 is 0 Å². The molecule has 1 aliphatic heterocycles. The summed E-state index contributed by atoms with van der Waals surface area (Å²) in [6.45, 7) is 6.75. The molecule has 0 aromatic heterocycles. The Kier molecular flexibility index (Phi) is 4.43. The van der Waals surface area contributed by atoms with Gasteiger partial charge in [-0.25, -0.2) is 0 Å². The molecular formula is C15H23NO. The second-order valence-electron chi connectivity index (χ2n) is 4.75. The predicted octanol–water partition coefficient (Wildman–Crippen LogP) is 3.46. The molecule has 0 amide bonds. The maximum atomic E-state index is 6.13. The quantitative estimate of drug-likeness (QED) is 0.772. The van der Waals surface area contributed by atoms with Crippen molar-refractivity contribution >= 4 is 0 Å². The molecule has 0 spiro atoms. The lowest BCUT2D eigenvalue weighted by Crippen LogP contribution is -2.42. The summed E-state index contributed by atoms with van der Waals surface area (Å²) in [7, 11) is 0. The SMILES string of the molecule is CCCN(CCC)C1CCc2ccccc2O1. The van der Waals surface area contributed by atoms with E-state index in [0.29, 0.717) is 0 Å². The molecule has 2 nitrogen and oxygen atoms in total. The van der Waals surface area contributed by atoms with Crippen LogP contribution in [0.3, 0.4) is 0 Å². The summed E-state index contributed by atoms with van der Waals surface area (Å²) in [5.74, 6) is 1.08. The summed E-state index contributed by atoms with van der Waals surface area (Å²) in [4.78, 5) is 2.48. The Morgan fingerprint density at radius 2 is 1.88 bits per heavy atom. The first-order chi connectivity index (χ1) is 8.35. The molecule has 0 N–H and O–H groups in total. The smallest absolute Gasteiger partial charge is 0.153 e. The minimum absolute atomic E-state index is 0.282. The number of aryl methyl sites for hydroxylation is 1. The summed E-state index contributed by atoms with van der Waals surface area (Å²) in [5.41, 5.74) is 1.36. The predicted molar refractivity (Wildman–Crippen MR) is 71.3 cm³/mol. The average Bonchev–Trinajstić information content (AvgIpc) is 2.38. The number of benzene rings is 1. The van der Waals surface area contributed by atoms with Gasteiger partial charge in [-0.3, -0.25) is 4.90 Å². The van der Waals surface area contributed by atoms with Gasteiger partial charge in [0.15, 0.2) is 6.23 Å². The van der Waals surface area contributed by atoms with Crippen LogP contribution in [0.4, 0.5) is 0 Å². The molecule has 1 aromatic rings. The van der Waals surface area contributed by atoms with Crippen LogP contribution in [0.25, 0.3) is 0 Å². The van der Waals surface area contributed by atoms with E-state index in [4.69, 9.17) is 4.74 Å². The van der Waals surface area contributed by atoms with Crippen molar-refractivity contribution < 1.29 is 4.74 Å². The highest BCUT2D eigenvalue weighted by molar-refractivity contribution is 5.34. The standard InChI is InChI=1S/C15H23NO/c1-3-11-16(12-4-2)15-10-9-13-7-5-6-8-14(13)17-15/h5-8,15H,3-4,9-12H2,1-2H3. The maximum Gasteiger partial charge on any atom is 0.153 e. The second-order valence-corrected chi connectivity index (χ2v) is 4.75. The number of rotatable bonds is 5. The average molecular weight is 233 g/mol. The maximum absolute atomic E-state index is 6.13. The fraction of sp³-hybridized carbons (Fsp3) is 0.600. The van der Waals surface area contributed by atoms with Gasteiger partial charge in [-0.05, 0) is 30.9 Å². The van der Waals surface area contributed by atoms with E-state index in [0.717, 1.165) is 31.7 Å². The van der Waals surface area contributed by atoms with Crippen LogP contribution in [0.2, 0.25) is 0 Å². The van der Waals surface area contributed by atoms with Crippen LogP contribution in [0.5, 0.6) is 5.75 Å². The molecule has 2 heteroatoms. The lowest BCUT2D eigenvalue weighted by atomic mass is 10.0. The molecule has 1 aliphatic rings. The lowest BCUT2D eigenvalue weighted by Gasteiger charge is -2.35. The Labute approximate surface area is 105 Å². The molecule has 1 aromatic carbocycles. The first-order valence-corrected chi connectivity index (χ1v) is 6.83. The van der Waals surface area contributed by atoms with Crippen molar-refractivity contribution in [3.05, 3.63) is 29.8 Å². The number of nitrogens with zero attached hydrogens (tertiary/aromatic N) is 1. The van der Waals surface area contributed by atoms with E-state index in [-0.39, 0.29) is 6.23 Å². The molecule has 1 heterocycles. The summed E-state index contributed by atoms with van der Waals surface area (Å²) >= 11 is 0. The van der Waals surface area contributed by atoms with Crippen molar-refractivity contribution in [2.75, 3.05) is 13.1 Å². The van der Waals surface area contributed by atoms with Gasteiger partial charge < -0.3 is 4.74 Å². The van der Waals surface area contributed by atoms with E-state index >= 15 is 0 Å². The number of hydrogen-bond donors (Lipinski definition) is 0. The van der Waals surface area contributed by atoms with Crippen LogP contribution >= 0.6 is 0 Å². The van der Waals surface area contributed by atoms with Gasteiger partial charge in [-0.15, -0.1) is 0 Å². The Morgan fingerprint density at radius 3 is 2.59 bits per heavy atom. The van der Waals surface area contributed by atoms with Crippen molar-refractivity contribution in [3.63, 3.8) is 0 Å². The third-order valence-corrected chi connectivity index (χ3v) is 3.33. The van der Waals surface area contributed by atoms with Crippen LogP contribution in [0.1, 0.15) is 38.7 Å². The molecular weight excluding hydrogens is 210 g/mol. The number of fused-ring (bicyclic) bond motifs is 1.